The van der Waals surface area contributed by atoms with Crippen molar-refractivity contribution in [3.05, 3.63) is 0 Å². The third kappa shape index (κ3) is 3.96. The minimum atomic E-state index is -0.228. The van der Waals surface area contributed by atoms with Crippen LogP contribution in [0.4, 0.5) is 0 Å². The standard InChI is InChI=1S/C9H18ClNO/c1-4-6-8(12)11-9(3,5-2)7-10/h4-7H2,1-3H3,(H,11,12). The Balaban J connectivity index is 3.93. The molecule has 0 aliphatic rings. The smallest absolute Gasteiger partial charge is 0.220 e. The molecule has 12 heavy (non-hydrogen) atoms. The first-order valence-corrected chi connectivity index (χ1v) is 4.98. The van der Waals surface area contributed by atoms with Gasteiger partial charge in [-0.25, -0.2) is 0 Å². The summed E-state index contributed by atoms with van der Waals surface area (Å²) in [6, 6.07) is 0. The van der Waals surface area contributed by atoms with Crippen molar-refractivity contribution in [2.45, 2.75) is 45.6 Å². The topological polar surface area (TPSA) is 29.1 Å². The Morgan fingerprint density at radius 3 is 2.42 bits per heavy atom. The first-order valence-electron chi connectivity index (χ1n) is 4.45. The predicted molar refractivity (Wildman–Crippen MR) is 52.5 cm³/mol. The molecular formula is C9H18ClNO. The van der Waals surface area contributed by atoms with E-state index in [1.54, 1.807) is 0 Å². The maximum Gasteiger partial charge on any atom is 0.220 e. The summed E-state index contributed by atoms with van der Waals surface area (Å²) in [6.45, 7) is 5.98. The Morgan fingerprint density at radius 2 is 2.08 bits per heavy atom. The second-order valence-corrected chi connectivity index (χ2v) is 3.61. The van der Waals surface area contributed by atoms with Crippen LogP contribution in [0.1, 0.15) is 40.0 Å². The molecule has 0 saturated heterocycles. The van der Waals surface area contributed by atoms with Crippen LogP contribution in [-0.2, 0) is 4.79 Å². The molecule has 0 rings (SSSR count). The third-order valence-corrected chi connectivity index (χ3v) is 2.58. The van der Waals surface area contributed by atoms with Crippen LogP contribution >= 0.6 is 11.6 Å². The first kappa shape index (κ1) is 11.8. The summed E-state index contributed by atoms with van der Waals surface area (Å²) >= 11 is 5.74. The summed E-state index contributed by atoms with van der Waals surface area (Å²) in [6.07, 6.45) is 2.34. The lowest BCUT2D eigenvalue weighted by Gasteiger charge is -2.26. The van der Waals surface area contributed by atoms with Gasteiger partial charge in [-0.1, -0.05) is 13.8 Å². The molecule has 72 valence electrons. The highest BCUT2D eigenvalue weighted by Crippen LogP contribution is 2.11. The van der Waals surface area contributed by atoms with E-state index in [9.17, 15) is 4.79 Å². The fourth-order valence-corrected chi connectivity index (χ4v) is 1.10. The lowest BCUT2D eigenvalue weighted by molar-refractivity contribution is -0.122. The number of rotatable bonds is 5. The molecule has 0 aliphatic carbocycles. The molecule has 1 atom stereocenters. The van der Waals surface area contributed by atoms with Gasteiger partial charge in [-0.2, -0.15) is 0 Å². The zero-order valence-corrected chi connectivity index (χ0v) is 8.87. The summed E-state index contributed by atoms with van der Waals surface area (Å²) in [5.41, 5.74) is -0.228. The van der Waals surface area contributed by atoms with Crippen LogP contribution in [0.25, 0.3) is 0 Å². The molecule has 1 unspecified atom stereocenters. The Bertz CT molecular complexity index is 143. The van der Waals surface area contributed by atoms with E-state index in [2.05, 4.69) is 5.32 Å². The molecule has 0 bridgehead atoms. The average Bonchev–Trinajstić information content (AvgIpc) is 2.05. The Morgan fingerprint density at radius 1 is 1.50 bits per heavy atom. The molecule has 0 aliphatic heterocycles. The van der Waals surface area contributed by atoms with Gasteiger partial charge in [0.2, 0.25) is 5.91 Å². The van der Waals surface area contributed by atoms with Crippen LogP contribution in [0, 0.1) is 0 Å². The van der Waals surface area contributed by atoms with Gasteiger partial charge in [0.15, 0.2) is 0 Å². The van der Waals surface area contributed by atoms with Crippen LogP contribution in [0.2, 0.25) is 0 Å². The molecule has 0 radical (unpaired) electrons. The molecule has 0 fully saturated rings. The van der Waals surface area contributed by atoms with Gasteiger partial charge in [-0.05, 0) is 19.8 Å². The monoisotopic (exact) mass is 191 g/mol. The second kappa shape index (κ2) is 5.41. The van der Waals surface area contributed by atoms with E-state index in [4.69, 9.17) is 11.6 Å². The maximum atomic E-state index is 11.2. The zero-order valence-electron chi connectivity index (χ0n) is 8.11. The average molecular weight is 192 g/mol. The van der Waals surface area contributed by atoms with Gasteiger partial charge in [0.05, 0.1) is 5.54 Å². The van der Waals surface area contributed by atoms with Crippen molar-refractivity contribution < 1.29 is 4.79 Å². The van der Waals surface area contributed by atoms with Crippen molar-refractivity contribution >= 4 is 17.5 Å². The summed E-state index contributed by atoms with van der Waals surface area (Å²) < 4.78 is 0. The molecule has 2 nitrogen and oxygen atoms in total. The fourth-order valence-electron chi connectivity index (χ4n) is 0.842. The van der Waals surface area contributed by atoms with Crippen molar-refractivity contribution in [2.24, 2.45) is 0 Å². The number of hydrogen-bond donors (Lipinski definition) is 1. The molecule has 0 heterocycles. The van der Waals surface area contributed by atoms with Crippen LogP contribution in [0.15, 0.2) is 0 Å². The first-order chi connectivity index (χ1) is 5.58. The van der Waals surface area contributed by atoms with Crippen LogP contribution < -0.4 is 5.32 Å². The van der Waals surface area contributed by atoms with E-state index >= 15 is 0 Å². The maximum absolute atomic E-state index is 11.2. The predicted octanol–water partition coefficient (Wildman–Crippen LogP) is 2.31. The number of hydrogen-bond acceptors (Lipinski definition) is 1. The normalized spacial score (nSPS) is 15.3. The van der Waals surface area contributed by atoms with Gasteiger partial charge < -0.3 is 5.32 Å². The lowest BCUT2D eigenvalue weighted by Crippen LogP contribution is -2.46. The van der Waals surface area contributed by atoms with Crippen LogP contribution in [0.3, 0.4) is 0 Å². The van der Waals surface area contributed by atoms with E-state index in [1.807, 2.05) is 20.8 Å². The van der Waals surface area contributed by atoms with Crippen molar-refractivity contribution in [3.63, 3.8) is 0 Å². The lowest BCUT2D eigenvalue weighted by atomic mass is 10.0. The van der Waals surface area contributed by atoms with Crippen molar-refractivity contribution in [3.8, 4) is 0 Å². The van der Waals surface area contributed by atoms with Crippen LogP contribution in [-0.4, -0.2) is 17.3 Å². The molecule has 0 spiro atoms. The second-order valence-electron chi connectivity index (χ2n) is 3.35. The Hall–Kier alpha value is -0.240. The minimum absolute atomic E-state index is 0.0995. The molecule has 0 aromatic heterocycles. The number of amides is 1. The number of nitrogens with one attached hydrogen (secondary N) is 1. The number of alkyl halides is 1. The molecule has 3 heteroatoms. The third-order valence-electron chi connectivity index (χ3n) is 1.99. The highest BCUT2D eigenvalue weighted by Gasteiger charge is 2.22. The van der Waals surface area contributed by atoms with E-state index in [-0.39, 0.29) is 11.4 Å². The fraction of sp³-hybridized carbons (Fsp3) is 0.889. The van der Waals surface area contributed by atoms with Crippen molar-refractivity contribution in [1.82, 2.24) is 5.32 Å². The summed E-state index contributed by atoms with van der Waals surface area (Å²) in [7, 11) is 0. The van der Waals surface area contributed by atoms with E-state index in [0.29, 0.717) is 12.3 Å². The van der Waals surface area contributed by atoms with Crippen LogP contribution in [0.5, 0.6) is 0 Å². The van der Waals surface area contributed by atoms with Gasteiger partial charge in [0, 0.05) is 12.3 Å². The zero-order chi connectivity index (χ0) is 9.61. The number of halogens is 1. The largest absolute Gasteiger partial charge is 0.350 e. The van der Waals surface area contributed by atoms with E-state index in [0.717, 1.165) is 12.8 Å². The summed E-state index contributed by atoms with van der Waals surface area (Å²) in [4.78, 5) is 11.2. The molecular weight excluding hydrogens is 174 g/mol. The molecule has 1 amide bonds. The van der Waals surface area contributed by atoms with Gasteiger partial charge in [-0.3, -0.25) is 4.79 Å². The van der Waals surface area contributed by atoms with Crippen molar-refractivity contribution in [2.75, 3.05) is 5.88 Å². The van der Waals surface area contributed by atoms with Gasteiger partial charge >= 0.3 is 0 Å². The van der Waals surface area contributed by atoms with E-state index in [1.165, 1.54) is 0 Å². The highest BCUT2D eigenvalue weighted by atomic mass is 35.5. The minimum Gasteiger partial charge on any atom is -0.350 e. The molecule has 0 aromatic rings. The van der Waals surface area contributed by atoms with Gasteiger partial charge in [0.1, 0.15) is 0 Å². The van der Waals surface area contributed by atoms with E-state index < -0.39 is 0 Å². The quantitative estimate of drug-likeness (QED) is 0.664. The Labute approximate surface area is 79.7 Å². The SMILES string of the molecule is CCCC(=O)NC(C)(CC)CCl. The van der Waals surface area contributed by atoms with Gasteiger partial charge in [-0.15, -0.1) is 11.6 Å². The van der Waals surface area contributed by atoms with Gasteiger partial charge in [0.25, 0.3) is 0 Å². The summed E-state index contributed by atoms with van der Waals surface area (Å²) in [5.74, 6) is 0.571. The van der Waals surface area contributed by atoms with Crippen molar-refractivity contribution in [1.29, 1.82) is 0 Å². The Kier molecular flexibility index (Phi) is 5.31. The molecule has 1 N–H and O–H groups in total. The molecule has 0 aromatic carbocycles. The number of carbonyl (C=O) groups is 1. The molecule has 0 saturated carbocycles. The highest BCUT2D eigenvalue weighted by molar-refractivity contribution is 6.18. The number of carbonyl (C=O) groups excluding carboxylic acids is 1. The summed E-state index contributed by atoms with van der Waals surface area (Å²) in [5, 5.41) is 2.92.